The van der Waals surface area contributed by atoms with Gasteiger partial charge in [0.15, 0.2) is 6.29 Å². The summed E-state index contributed by atoms with van der Waals surface area (Å²) >= 11 is 0. The van der Waals surface area contributed by atoms with Gasteiger partial charge in [0.25, 0.3) is 0 Å². The van der Waals surface area contributed by atoms with Gasteiger partial charge in [-0.15, -0.1) is 0 Å². The first-order valence-corrected chi connectivity index (χ1v) is 5.64. The molecule has 2 aromatic rings. The van der Waals surface area contributed by atoms with E-state index in [9.17, 15) is 9.59 Å². The Labute approximate surface area is 110 Å². The predicted molar refractivity (Wildman–Crippen MR) is 70.1 cm³/mol. The number of aromatic nitrogens is 1. The molecule has 0 saturated carbocycles. The Bertz CT molecular complexity index is 594. The van der Waals surface area contributed by atoms with E-state index in [1.807, 2.05) is 6.07 Å². The number of carbonyl (C=O) groups excluding carboxylic acids is 2. The Kier molecular flexibility index (Phi) is 3.87. The summed E-state index contributed by atoms with van der Waals surface area (Å²) in [5, 5.41) is 2.37. The molecular formula is C14H12N2O3. The number of benzene rings is 1. The van der Waals surface area contributed by atoms with Crippen molar-refractivity contribution in [3.8, 4) is 17.0 Å². The summed E-state index contributed by atoms with van der Waals surface area (Å²) in [4.78, 5) is 25.9. The molecule has 1 heterocycles. The molecule has 0 bridgehead atoms. The van der Waals surface area contributed by atoms with Crippen molar-refractivity contribution in [1.82, 2.24) is 10.3 Å². The van der Waals surface area contributed by atoms with E-state index in [0.717, 1.165) is 11.8 Å². The second kappa shape index (κ2) is 5.77. The summed E-state index contributed by atoms with van der Waals surface area (Å²) in [6.45, 7) is 0. The summed E-state index contributed by atoms with van der Waals surface area (Å²) in [6.07, 6.45) is 1.71. The van der Waals surface area contributed by atoms with Crippen LogP contribution in [0.3, 0.4) is 0 Å². The van der Waals surface area contributed by atoms with Gasteiger partial charge in [0.05, 0.1) is 5.69 Å². The molecule has 0 aliphatic carbocycles. The first-order valence-electron chi connectivity index (χ1n) is 5.64. The van der Waals surface area contributed by atoms with Crippen LogP contribution in [0.1, 0.15) is 10.4 Å². The third-order valence-corrected chi connectivity index (χ3v) is 2.47. The lowest BCUT2D eigenvalue weighted by Gasteiger charge is -2.05. The summed E-state index contributed by atoms with van der Waals surface area (Å²) in [7, 11) is 1.49. The molecule has 5 heteroatoms. The zero-order valence-electron chi connectivity index (χ0n) is 10.3. The average molecular weight is 256 g/mol. The highest BCUT2D eigenvalue weighted by Gasteiger charge is 2.04. The molecule has 1 aromatic carbocycles. The molecule has 0 unspecified atom stereocenters. The van der Waals surface area contributed by atoms with Crippen molar-refractivity contribution < 1.29 is 14.3 Å². The maximum absolute atomic E-state index is 11.1. The second-order valence-electron chi connectivity index (χ2n) is 3.76. The summed E-state index contributed by atoms with van der Waals surface area (Å²) in [5.74, 6) is 0.429. The smallest absolute Gasteiger partial charge is 0.410 e. The lowest BCUT2D eigenvalue weighted by Crippen LogP contribution is -2.21. The number of nitrogens with zero attached hydrogens (tertiary/aromatic N) is 1. The van der Waals surface area contributed by atoms with E-state index in [1.165, 1.54) is 13.2 Å². The van der Waals surface area contributed by atoms with Crippen LogP contribution in [0.15, 0.2) is 42.6 Å². The first kappa shape index (κ1) is 12.8. The molecular weight excluding hydrogens is 244 g/mol. The van der Waals surface area contributed by atoms with Gasteiger partial charge < -0.3 is 10.1 Å². The fourth-order valence-corrected chi connectivity index (χ4v) is 1.52. The molecule has 1 amide bonds. The quantitative estimate of drug-likeness (QED) is 0.855. The zero-order valence-corrected chi connectivity index (χ0v) is 10.3. The Morgan fingerprint density at radius 1 is 1.32 bits per heavy atom. The SMILES string of the molecule is CNC(=O)Oc1cccc(-c2ccc(C=O)cn2)c1. The van der Waals surface area contributed by atoms with Gasteiger partial charge in [-0.1, -0.05) is 12.1 Å². The van der Waals surface area contributed by atoms with E-state index in [-0.39, 0.29) is 0 Å². The van der Waals surface area contributed by atoms with Gasteiger partial charge in [-0.05, 0) is 24.3 Å². The number of aldehydes is 1. The summed E-state index contributed by atoms with van der Waals surface area (Å²) < 4.78 is 5.04. The Morgan fingerprint density at radius 3 is 2.79 bits per heavy atom. The van der Waals surface area contributed by atoms with Crippen LogP contribution in [0.4, 0.5) is 4.79 Å². The summed E-state index contributed by atoms with van der Waals surface area (Å²) in [5.41, 5.74) is 2.02. The fraction of sp³-hybridized carbons (Fsp3) is 0.0714. The minimum Gasteiger partial charge on any atom is -0.410 e. The molecule has 2 rings (SSSR count). The molecule has 0 fully saturated rings. The minimum absolute atomic E-state index is 0.429. The van der Waals surface area contributed by atoms with Crippen LogP contribution in [0.2, 0.25) is 0 Å². The van der Waals surface area contributed by atoms with Gasteiger partial charge in [0, 0.05) is 24.4 Å². The molecule has 0 aliphatic heterocycles. The van der Waals surface area contributed by atoms with E-state index in [0.29, 0.717) is 17.0 Å². The predicted octanol–water partition coefficient (Wildman–Crippen LogP) is 2.28. The van der Waals surface area contributed by atoms with Crippen molar-refractivity contribution in [1.29, 1.82) is 0 Å². The Hall–Kier alpha value is -2.69. The maximum atomic E-state index is 11.1. The number of pyridine rings is 1. The minimum atomic E-state index is -0.526. The highest BCUT2D eigenvalue weighted by molar-refractivity contribution is 5.75. The normalized spacial score (nSPS) is 9.74. The topological polar surface area (TPSA) is 68.3 Å². The van der Waals surface area contributed by atoms with Crippen molar-refractivity contribution in [3.63, 3.8) is 0 Å². The van der Waals surface area contributed by atoms with E-state index < -0.39 is 6.09 Å². The fourth-order valence-electron chi connectivity index (χ4n) is 1.52. The number of nitrogens with one attached hydrogen (secondary N) is 1. The molecule has 0 radical (unpaired) electrons. The first-order chi connectivity index (χ1) is 9.22. The van der Waals surface area contributed by atoms with E-state index in [2.05, 4.69) is 10.3 Å². The van der Waals surface area contributed by atoms with Gasteiger partial charge in [0.1, 0.15) is 5.75 Å². The molecule has 0 spiro atoms. The molecule has 19 heavy (non-hydrogen) atoms. The molecule has 96 valence electrons. The number of carbonyl (C=O) groups is 2. The zero-order chi connectivity index (χ0) is 13.7. The lowest BCUT2D eigenvalue weighted by molar-refractivity contribution is 0.112. The number of rotatable bonds is 3. The third kappa shape index (κ3) is 3.16. The second-order valence-corrected chi connectivity index (χ2v) is 3.76. The number of hydrogen-bond acceptors (Lipinski definition) is 4. The van der Waals surface area contributed by atoms with Crippen molar-refractivity contribution in [2.75, 3.05) is 7.05 Å². The van der Waals surface area contributed by atoms with Gasteiger partial charge in [-0.3, -0.25) is 9.78 Å². The molecule has 0 aliphatic rings. The molecule has 5 nitrogen and oxygen atoms in total. The van der Waals surface area contributed by atoms with Crippen molar-refractivity contribution in [2.45, 2.75) is 0 Å². The van der Waals surface area contributed by atoms with Crippen molar-refractivity contribution in [2.24, 2.45) is 0 Å². The standard InChI is InChI=1S/C14H12N2O3/c1-15-14(18)19-12-4-2-3-11(7-12)13-6-5-10(9-17)8-16-13/h2-9H,1H3,(H,15,18). The molecule has 1 N–H and O–H groups in total. The van der Waals surface area contributed by atoms with Gasteiger partial charge >= 0.3 is 6.09 Å². The van der Waals surface area contributed by atoms with Gasteiger partial charge in [-0.25, -0.2) is 4.79 Å². The van der Waals surface area contributed by atoms with Crippen molar-refractivity contribution in [3.05, 3.63) is 48.2 Å². The van der Waals surface area contributed by atoms with Crippen LogP contribution in [0.5, 0.6) is 5.75 Å². The lowest BCUT2D eigenvalue weighted by atomic mass is 10.1. The maximum Gasteiger partial charge on any atom is 0.412 e. The molecule has 0 saturated heterocycles. The highest BCUT2D eigenvalue weighted by Crippen LogP contribution is 2.22. The molecule has 1 aromatic heterocycles. The highest BCUT2D eigenvalue weighted by atomic mass is 16.5. The van der Waals surface area contributed by atoms with E-state index in [4.69, 9.17) is 4.74 Å². The van der Waals surface area contributed by atoms with E-state index in [1.54, 1.807) is 30.3 Å². The van der Waals surface area contributed by atoms with Crippen LogP contribution < -0.4 is 10.1 Å². The summed E-state index contributed by atoms with van der Waals surface area (Å²) in [6, 6.07) is 10.4. The van der Waals surface area contributed by atoms with E-state index >= 15 is 0 Å². The number of ether oxygens (including phenoxy) is 1. The van der Waals surface area contributed by atoms with Crippen LogP contribution >= 0.6 is 0 Å². The van der Waals surface area contributed by atoms with Crippen molar-refractivity contribution >= 4 is 12.4 Å². The largest absolute Gasteiger partial charge is 0.412 e. The number of hydrogen-bond donors (Lipinski definition) is 1. The monoisotopic (exact) mass is 256 g/mol. The molecule has 0 atom stereocenters. The van der Waals surface area contributed by atoms with Gasteiger partial charge in [-0.2, -0.15) is 0 Å². The Balaban J connectivity index is 2.26. The van der Waals surface area contributed by atoms with Crippen LogP contribution in [0.25, 0.3) is 11.3 Å². The van der Waals surface area contributed by atoms with Crippen LogP contribution in [0, 0.1) is 0 Å². The van der Waals surface area contributed by atoms with Crippen LogP contribution in [-0.2, 0) is 0 Å². The van der Waals surface area contributed by atoms with Crippen LogP contribution in [-0.4, -0.2) is 24.4 Å². The average Bonchev–Trinajstić information content (AvgIpc) is 2.47. The number of amides is 1. The third-order valence-electron chi connectivity index (χ3n) is 2.47. The Morgan fingerprint density at radius 2 is 2.16 bits per heavy atom. The van der Waals surface area contributed by atoms with Gasteiger partial charge in [0.2, 0.25) is 0 Å².